The second-order valence-corrected chi connectivity index (χ2v) is 10.0. The molecule has 2 aromatic carbocycles. The standard InChI is InChI=1S/C24H24Cl2F3N3O2/c1-13(2)10-30-22(33)20-5-16-12-32(11-15(16)4-14(20)3)21-9-23(34-31-21,24(27,28)29)17-6-18(25)8-19(26)7-17/h4-8,13H,9-12H2,1-3H3,(H,30,33). The van der Waals surface area contributed by atoms with Crippen LogP contribution < -0.4 is 5.32 Å². The fraction of sp³-hybridized carbons (Fsp3) is 0.417. The number of hydrogen-bond acceptors (Lipinski definition) is 4. The Balaban J connectivity index is 1.57. The van der Waals surface area contributed by atoms with Crippen molar-refractivity contribution in [1.29, 1.82) is 0 Å². The SMILES string of the molecule is Cc1cc2c(cc1C(=O)NCC(C)C)CN(C1=NOC(c3cc(Cl)cc(Cl)c3)(C(F)(F)F)C1)C2. The van der Waals surface area contributed by atoms with Gasteiger partial charge in [0.1, 0.15) is 5.84 Å². The van der Waals surface area contributed by atoms with E-state index in [1.807, 2.05) is 32.9 Å². The highest BCUT2D eigenvalue weighted by Crippen LogP contribution is 2.50. The number of benzene rings is 2. The summed E-state index contributed by atoms with van der Waals surface area (Å²) in [6.45, 7) is 7.12. The molecule has 0 saturated heterocycles. The lowest BCUT2D eigenvalue weighted by molar-refractivity contribution is -0.275. The number of amides is 1. The van der Waals surface area contributed by atoms with E-state index in [9.17, 15) is 18.0 Å². The Morgan fingerprint density at radius 1 is 1.15 bits per heavy atom. The number of fused-ring (bicyclic) bond motifs is 1. The zero-order chi connectivity index (χ0) is 24.8. The van der Waals surface area contributed by atoms with E-state index in [2.05, 4.69) is 10.5 Å². The number of nitrogens with zero attached hydrogens (tertiary/aromatic N) is 2. The van der Waals surface area contributed by atoms with Gasteiger partial charge in [-0.15, -0.1) is 0 Å². The molecule has 4 rings (SSSR count). The molecule has 0 fully saturated rings. The Morgan fingerprint density at radius 3 is 2.35 bits per heavy atom. The summed E-state index contributed by atoms with van der Waals surface area (Å²) in [5, 5.41) is 6.91. The fourth-order valence-electron chi connectivity index (χ4n) is 4.24. The molecular formula is C24H24Cl2F3N3O2. The van der Waals surface area contributed by atoms with Crippen molar-refractivity contribution in [3.05, 3.63) is 68.2 Å². The summed E-state index contributed by atoms with van der Waals surface area (Å²) in [4.78, 5) is 19.4. The smallest absolute Gasteiger partial charge is 0.372 e. The van der Waals surface area contributed by atoms with Crippen molar-refractivity contribution < 1.29 is 22.8 Å². The molecule has 0 spiro atoms. The zero-order valence-electron chi connectivity index (χ0n) is 18.9. The molecule has 1 unspecified atom stereocenters. The molecule has 1 atom stereocenters. The number of oxime groups is 1. The zero-order valence-corrected chi connectivity index (χ0v) is 20.4. The molecule has 2 aliphatic rings. The minimum atomic E-state index is -4.75. The molecule has 0 saturated carbocycles. The highest BCUT2D eigenvalue weighted by molar-refractivity contribution is 6.34. The van der Waals surface area contributed by atoms with E-state index in [1.165, 1.54) is 18.2 Å². The summed E-state index contributed by atoms with van der Waals surface area (Å²) < 4.78 is 42.8. The topological polar surface area (TPSA) is 53.9 Å². The van der Waals surface area contributed by atoms with Crippen molar-refractivity contribution in [3.8, 4) is 0 Å². The lowest BCUT2D eigenvalue weighted by Gasteiger charge is -2.30. The van der Waals surface area contributed by atoms with Crippen molar-refractivity contribution in [2.45, 2.75) is 52.1 Å². The molecule has 0 aromatic heterocycles. The van der Waals surface area contributed by atoms with E-state index < -0.39 is 18.2 Å². The molecule has 10 heteroatoms. The minimum Gasteiger partial charge on any atom is -0.372 e. The van der Waals surface area contributed by atoms with Gasteiger partial charge in [-0.3, -0.25) is 4.79 Å². The summed E-state index contributed by atoms with van der Waals surface area (Å²) >= 11 is 11.9. The largest absolute Gasteiger partial charge is 0.435 e. The second-order valence-electron chi connectivity index (χ2n) is 9.15. The van der Waals surface area contributed by atoms with E-state index in [-0.39, 0.29) is 27.4 Å². The molecule has 2 aromatic rings. The van der Waals surface area contributed by atoms with Gasteiger partial charge in [0, 0.05) is 40.8 Å². The van der Waals surface area contributed by atoms with Crippen molar-refractivity contribution in [2.24, 2.45) is 11.1 Å². The quantitative estimate of drug-likeness (QED) is 0.529. The van der Waals surface area contributed by atoms with E-state index in [4.69, 9.17) is 28.0 Å². The van der Waals surface area contributed by atoms with Gasteiger partial charge in [0.15, 0.2) is 0 Å². The number of halogens is 5. The Kier molecular flexibility index (Phi) is 6.50. The van der Waals surface area contributed by atoms with Gasteiger partial charge >= 0.3 is 6.18 Å². The number of aryl methyl sites for hydroxylation is 1. The van der Waals surface area contributed by atoms with Gasteiger partial charge in [-0.25, -0.2) is 0 Å². The monoisotopic (exact) mass is 513 g/mol. The molecular weight excluding hydrogens is 490 g/mol. The molecule has 182 valence electrons. The number of rotatable bonds is 4. The maximum absolute atomic E-state index is 14.3. The first-order valence-electron chi connectivity index (χ1n) is 10.8. The number of nitrogens with one attached hydrogen (secondary N) is 1. The van der Waals surface area contributed by atoms with Crippen LogP contribution in [0.1, 0.15) is 52.9 Å². The molecule has 2 heterocycles. The lowest BCUT2D eigenvalue weighted by Crippen LogP contribution is -2.43. The third-order valence-electron chi connectivity index (χ3n) is 6.05. The summed E-state index contributed by atoms with van der Waals surface area (Å²) in [7, 11) is 0. The molecule has 2 aliphatic heterocycles. The molecule has 0 aliphatic carbocycles. The molecule has 5 nitrogen and oxygen atoms in total. The highest BCUT2D eigenvalue weighted by Gasteiger charge is 2.63. The van der Waals surface area contributed by atoms with Gasteiger partial charge in [-0.2, -0.15) is 13.2 Å². The maximum atomic E-state index is 14.3. The molecule has 1 N–H and O–H groups in total. The third-order valence-corrected chi connectivity index (χ3v) is 6.49. The van der Waals surface area contributed by atoms with Crippen LogP contribution in [0.3, 0.4) is 0 Å². The van der Waals surface area contributed by atoms with Gasteiger partial charge in [0.05, 0.1) is 6.42 Å². The van der Waals surface area contributed by atoms with Crippen LogP contribution >= 0.6 is 23.2 Å². The highest BCUT2D eigenvalue weighted by atomic mass is 35.5. The van der Waals surface area contributed by atoms with Gasteiger partial charge < -0.3 is 15.1 Å². The van der Waals surface area contributed by atoms with Gasteiger partial charge in [-0.1, -0.05) is 48.3 Å². The lowest BCUT2D eigenvalue weighted by atomic mass is 9.89. The van der Waals surface area contributed by atoms with Crippen molar-refractivity contribution in [2.75, 3.05) is 6.54 Å². The average Bonchev–Trinajstić information content (AvgIpc) is 3.35. The first-order chi connectivity index (χ1) is 15.9. The third kappa shape index (κ3) is 4.58. The van der Waals surface area contributed by atoms with Crippen LogP contribution in [0.2, 0.25) is 10.0 Å². The Bertz CT molecular complexity index is 1150. The van der Waals surface area contributed by atoms with Crippen molar-refractivity contribution in [3.63, 3.8) is 0 Å². The number of carbonyl (C=O) groups excluding carboxylic acids is 1. The Morgan fingerprint density at radius 2 is 1.76 bits per heavy atom. The predicted molar refractivity (Wildman–Crippen MR) is 125 cm³/mol. The number of amidine groups is 1. The molecule has 34 heavy (non-hydrogen) atoms. The van der Waals surface area contributed by atoms with Gasteiger partial charge in [-0.05, 0) is 53.8 Å². The predicted octanol–water partition coefficient (Wildman–Crippen LogP) is 6.19. The molecule has 0 radical (unpaired) electrons. The van der Waals surface area contributed by atoms with Crippen molar-refractivity contribution in [1.82, 2.24) is 10.2 Å². The van der Waals surface area contributed by atoms with Crippen LogP contribution in [0.5, 0.6) is 0 Å². The van der Waals surface area contributed by atoms with Crippen LogP contribution in [-0.4, -0.2) is 29.4 Å². The first-order valence-corrected chi connectivity index (χ1v) is 11.6. The van der Waals surface area contributed by atoms with Gasteiger partial charge in [0.25, 0.3) is 11.5 Å². The number of carbonyl (C=O) groups is 1. The first kappa shape index (κ1) is 24.7. The number of hydrogen-bond donors (Lipinski definition) is 1. The van der Waals surface area contributed by atoms with Crippen LogP contribution in [0.15, 0.2) is 35.5 Å². The molecule has 1 amide bonds. The van der Waals surface area contributed by atoms with Crippen LogP contribution in [0.4, 0.5) is 13.2 Å². The number of alkyl halides is 3. The minimum absolute atomic E-state index is 0.0792. The summed E-state index contributed by atoms with van der Waals surface area (Å²) in [5.74, 6) is 0.328. The molecule has 0 bridgehead atoms. The van der Waals surface area contributed by atoms with Crippen LogP contribution in [0.25, 0.3) is 0 Å². The van der Waals surface area contributed by atoms with Crippen LogP contribution in [0, 0.1) is 12.8 Å². The van der Waals surface area contributed by atoms with Gasteiger partial charge in [0.2, 0.25) is 0 Å². The average molecular weight is 514 g/mol. The van der Waals surface area contributed by atoms with E-state index in [0.717, 1.165) is 16.7 Å². The van der Waals surface area contributed by atoms with E-state index in [1.54, 1.807) is 4.90 Å². The summed E-state index contributed by atoms with van der Waals surface area (Å²) in [6.07, 6.45) is -5.26. The maximum Gasteiger partial charge on any atom is 0.435 e. The Labute approximate surface area is 205 Å². The van der Waals surface area contributed by atoms with Crippen molar-refractivity contribution >= 4 is 34.9 Å². The normalized spacial score (nSPS) is 19.8. The fourth-order valence-corrected chi connectivity index (χ4v) is 4.76. The summed E-state index contributed by atoms with van der Waals surface area (Å²) in [5.41, 5.74) is 0.305. The summed E-state index contributed by atoms with van der Waals surface area (Å²) in [6, 6.07) is 7.48. The van der Waals surface area contributed by atoms with E-state index in [0.29, 0.717) is 31.1 Å². The van der Waals surface area contributed by atoms with Crippen LogP contribution in [-0.2, 0) is 23.5 Å². The Hall–Kier alpha value is -2.45. The second kappa shape index (κ2) is 8.96. The van der Waals surface area contributed by atoms with E-state index >= 15 is 0 Å².